The summed E-state index contributed by atoms with van der Waals surface area (Å²) in [4.78, 5) is 19.5. The van der Waals surface area contributed by atoms with Gasteiger partial charge in [0.1, 0.15) is 12.4 Å². The molecule has 0 unspecified atom stereocenters. The molecule has 172 valence electrons. The Bertz CT molecular complexity index is 828. The highest BCUT2D eigenvalue weighted by Gasteiger charge is 2.29. The van der Waals surface area contributed by atoms with E-state index in [0.717, 1.165) is 55.9 Å². The number of halogens is 3. The van der Waals surface area contributed by atoms with E-state index in [9.17, 15) is 18.0 Å². The molecular weight excluding hydrogens is 435 g/mol. The molecule has 31 heavy (non-hydrogen) atoms. The molecule has 1 aliphatic heterocycles. The minimum absolute atomic E-state index is 0.00216. The predicted molar refractivity (Wildman–Crippen MR) is 108 cm³/mol. The van der Waals surface area contributed by atoms with Crippen LogP contribution in [0.4, 0.5) is 13.2 Å². The maximum Gasteiger partial charge on any atom is 0.422 e. The molecule has 2 aromatic heterocycles. The number of aromatic nitrogens is 2. The number of hydrogen-bond donors (Lipinski definition) is 0. The fourth-order valence-corrected chi connectivity index (χ4v) is 4.23. The average Bonchev–Trinajstić information content (AvgIpc) is 3.26. The van der Waals surface area contributed by atoms with Gasteiger partial charge in [0.15, 0.2) is 12.4 Å². The van der Waals surface area contributed by atoms with Gasteiger partial charge in [0.2, 0.25) is 0 Å². The van der Waals surface area contributed by atoms with E-state index in [4.69, 9.17) is 14.0 Å². The van der Waals surface area contributed by atoms with Gasteiger partial charge in [0.05, 0.1) is 5.69 Å². The first-order valence-electron chi connectivity index (χ1n) is 10.3. The minimum atomic E-state index is -4.35. The highest BCUT2D eigenvalue weighted by atomic mass is 32.1. The number of rotatable bonds is 11. The van der Waals surface area contributed by atoms with Gasteiger partial charge < -0.3 is 18.9 Å². The number of unbranched alkanes of at least 4 members (excludes halogenated alkanes) is 2. The number of carbonyl (C=O) groups excluding carboxylic acids is 1. The monoisotopic (exact) mass is 461 g/mol. The molecular formula is C20H26F3N3O4S. The Morgan fingerprint density at radius 3 is 2.77 bits per heavy atom. The zero-order valence-electron chi connectivity index (χ0n) is 17.4. The van der Waals surface area contributed by atoms with Crippen molar-refractivity contribution in [1.29, 1.82) is 0 Å². The maximum absolute atomic E-state index is 12.3. The molecule has 1 aliphatic rings. The van der Waals surface area contributed by atoms with E-state index in [1.54, 1.807) is 13.0 Å². The minimum Gasteiger partial charge on any atom is -0.468 e. The smallest absolute Gasteiger partial charge is 0.422 e. The lowest BCUT2D eigenvalue weighted by Crippen LogP contribution is -2.27. The summed E-state index contributed by atoms with van der Waals surface area (Å²) in [7, 11) is 0. The lowest BCUT2D eigenvalue weighted by Gasteiger charge is -2.19. The molecule has 11 heteroatoms. The Labute approximate surface area is 182 Å². The van der Waals surface area contributed by atoms with Crippen molar-refractivity contribution < 1.29 is 32.0 Å². The standard InChI is InChI=1S/C20H26F3N3O4S/c1-14-11-18(25-30-14)28-12-15(27)5-3-2-4-8-26-9-6-16-17(7-10-26)31-19(24-16)29-13-20(21,22)23/h11H,2-10,12-13H2,1H3. The van der Waals surface area contributed by atoms with E-state index in [-0.39, 0.29) is 17.6 Å². The summed E-state index contributed by atoms with van der Waals surface area (Å²) in [6.45, 7) is 3.04. The van der Waals surface area contributed by atoms with Gasteiger partial charge in [0.25, 0.3) is 11.1 Å². The summed E-state index contributed by atoms with van der Waals surface area (Å²) in [5, 5.41) is 3.78. The number of ether oxygens (including phenoxy) is 2. The van der Waals surface area contributed by atoms with Crippen LogP contribution in [0.25, 0.3) is 0 Å². The number of alkyl halides is 3. The number of fused-ring (bicyclic) bond motifs is 1. The number of nitrogens with zero attached hydrogens (tertiary/aromatic N) is 3. The number of hydrogen-bond acceptors (Lipinski definition) is 8. The zero-order chi connectivity index (χ0) is 22.3. The molecule has 3 heterocycles. The molecule has 2 aromatic rings. The third-order valence-electron chi connectivity index (χ3n) is 4.86. The van der Waals surface area contributed by atoms with Crippen molar-refractivity contribution in [3.05, 3.63) is 22.4 Å². The predicted octanol–water partition coefficient (Wildman–Crippen LogP) is 3.99. The summed E-state index contributed by atoms with van der Waals surface area (Å²) in [5.74, 6) is 1.00. The fraction of sp³-hybridized carbons (Fsp3) is 0.650. The van der Waals surface area contributed by atoms with Crippen molar-refractivity contribution in [2.24, 2.45) is 0 Å². The Morgan fingerprint density at radius 1 is 1.23 bits per heavy atom. The van der Waals surface area contributed by atoms with Crippen LogP contribution in [0.5, 0.6) is 11.1 Å². The number of Topliss-reactive ketones (excluding diaryl/α,β-unsaturated/α-hetero) is 1. The SMILES string of the molecule is Cc1cc(OCC(=O)CCCCCN2CCc3nc(OCC(F)(F)F)sc3CC2)no1. The van der Waals surface area contributed by atoms with E-state index in [0.29, 0.717) is 24.5 Å². The molecule has 0 atom stereocenters. The van der Waals surface area contributed by atoms with E-state index in [2.05, 4.69) is 15.0 Å². The molecule has 0 N–H and O–H groups in total. The summed E-state index contributed by atoms with van der Waals surface area (Å²) in [6, 6.07) is 1.64. The molecule has 0 aliphatic carbocycles. The molecule has 0 spiro atoms. The van der Waals surface area contributed by atoms with E-state index in [1.807, 2.05) is 0 Å². The van der Waals surface area contributed by atoms with Crippen LogP contribution in [-0.4, -0.2) is 59.8 Å². The lowest BCUT2D eigenvalue weighted by atomic mass is 10.1. The summed E-state index contributed by atoms with van der Waals surface area (Å²) < 4.78 is 51.8. The van der Waals surface area contributed by atoms with Gasteiger partial charge in [0, 0.05) is 36.9 Å². The van der Waals surface area contributed by atoms with Gasteiger partial charge in [-0.3, -0.25) is 4.79 Å². The van der Waals surface area contributed by atoms with Gasteiger partial charge in [-0.2, -0.15) is 13.2 Å². The normalized spacial score (nSPS) is 14.8. The number of carbonyl (C=O) groups is 1. The highest BCUT2D eigenvalue weighted by molar-refractivity contribution is 7.13. The Balaban J connectivity index is 1.28. The van der Waals surface area contributed by atoms with Crippen LogP contribution in [0.2, 0.25) is 0 Å². The number of aryl methyl sites for hydroxylation is 1. The van der Waals surface area contributed by atoms with Crippen LogP contribution < -0.4 is 9.47 Å². The molecule has 0 radical (unpaired) electrons. The largest absolute Gasteiger partial charge is 0.468 e. The molecule has 0 saturated heterocycles. The van der Waals surface area contributed by atoms with Crippen LogP contribution in [0.15, 0.2) is 10.6 Å². The number of thiazole rings is 1. The first-order valence-corrected chi connectivity index (χ1v) is 11.1. The van der Waals surface area contributed by atoms with E-state index < -0.39 is 12.8 Å². The molecule has 0 bridgehead atoms. The second kappa shape index (κ2) is 10.9. The maximum atomic E-state index is 12.3. The van der Waals surface area contributed by atoms with E-state index in [1.165, 1.54) is 11.3 Å². The number of ketones is 1. The third-order valence-corrected chi connectivity index (χ3v) is 5.93. The Kier molecular flexibility index (Phi) is 8.30. The second-order valence-electron chi connectivity index (χ2n) is 7.51. The molecule has 0 amide bonds. The van der Waals surface area contributed by atoms with Crippen molar-refractivity contribution in [2.75, 3.05) is 32.8 Å². The topological polar surface area (TPSA) is 77.7 Å². The van der Waals surface area contributed by atoms with Crippen LogP contribution in [0, 0.1) is 6.92 Å². The van der Waals surface area contributed by atoms with Gasteiger partial charge in [-0.1, -0.05) is 17.8 Å². The summed E-state index contributed by atoms with van der Waals surface area (Å²) in [5.41, 5.74) is 0.845. The third kappa shape index (κ3) is 8.13. The van der Waals surface area contributed by atoms with Gasteiger partial charge >= 0.3 is 6.18 Å². The van der Waals surface area contributed by atoms with Crippen molar-refractivity contribution in [2.45, 2.75) is 51.6 Å². The van der Waals surface area contributed by atoms with Crippen molar-refractivity contribution >= 4 is 17.1 Å². The van der Waals surface area contributed by atoms with Crippen LogP contribution in [-0.2, 0) is 17.6 Å². The van der Waals surface area contributed by atoms with E-state index >= 15 is 0 Å². The molecule has 0 fully saturated rings. The van der Waals surface area contributed by atoms with Gasteiger partial charge in [-0.05, 0) is 37.9 Å². The second-order valence-corrected chi connectivity index (χ2v) is 8.56. The lowest BCUT2D eigenvalue weighted by molar-refractivity contribution is -0.153. The molecule has 3 rings (SSSR count). The quantitative estimate of drug-likeness (QED) is 0.468. The highest BCUT2D eigenvalue weighted by Crippen LogP contribution is 2.29. The van der Waals surface area contributed by atoms with Crippen molar-refractivity contribution in [3.63, 3.8) is 0 Å². The van der Waals surface area contributed by atoms with Crippen molar-refractivity contribution in [1.82, 2.24) is 15.0 Å². The Hall–Kier alpha value is -2.14. The first-order chi connectivity index (χ1) is 14.8. The zero-order valence-corrected chi connectivity index (χ0v) is 18.2. The average molecular weight is 462 g/mol. The fourth-order valence-electron chi connectivity index (χ4n) is 3.29. The van der Waals surface area contributed by atoms with Crippen LogP contribution in [0.1, 0.15) is 42.0 Å². The van der Waals surface area contributed by atoms with Crippen molar-refractivity contribution in [3.8, 4) is 11.1 Å². The Morgan fingerprint density at radius 2 is 2.03 bits per heavy atom. The first kappa shape index (κ1) is 23.5. The summed E-state index contributed by atoms with van der Waals surface area (Å²) >= 11 is 1.21. The van der Waals surface area contributed by atoms with Gasteiger partial charge in [-0.15, -0.1) is 0 Å². The van der Waals surface area contributed by atoms with Crippen LogP contribution in [0.3, 0.4) is 0 Å². The summed E-state index contributed by atoms with van der Waals surface area (Å²) in [6.07, 6.45) is 0.325. The van der Waals surface area contributed by atoms with Gasteiger partial charge in [-0.25, -0.2) is 4.98 Å². The van der Waals surface area contributed by atoms with Crippen LogP contribution >= 0.6 is 11.3 Å². The molecule has 0 aromatic carbocycles. The molecule has 0 saturated carbocycles. The molecule has 7 nitrogen and oxygen atoms in total.